The number of aliphatic imine (C=N–C) groups is 1. The van der Waals surface area contributed by atoms with Gasteiger partial charge in [-0.15, -0.1) is 0 Å². The van der Waals surface area contributed by atoms with Crippen LogP contribution in [0.5, 0.6) is 0 Å². The van der Waals surface area contributed by atoms with Crippen molar-refractivity contribution in [3.8, 4) is 56.0 Å². The molecule has 4 heteroatoms. The van der Waals surface area contributed by atoms with Crippen LogP contribution in [0.4, 0.5) is 5.69 Å². The van der Waals surface area contributed by atoms with Gasteiger partial charge in [-0.1, -0.05) is 189 Å². The first-order chi connectivity index (χ1) is 36.1. The molecule has 11 aromatic carbocycles. The van der Waals surface area contributed by atoms with Crippen molar-refractivity contribution in [2.24, 2.45) is 4.99 Å². The molecule has 0 N–H and O–H groups in total. The van der Waals surface area contributed by atoms with Crippen LogP contribution >= 0.6 is 0 Å². The van der Waals surface area contributed by atoms with Crippen LogP contribution in [0.3, 0.4) is 0 Å². The maximum atomic E-state index is 5.56. The van der Waals surface area contributed by atoms with E-state index in [0.29, 0.717) is 0 Å². The van der Waals surface area contributed by atoms with Crippen molar-refractivity contribution >= 4 is 98.5 Å². The van der Waals surface area contributed by atoms with Crippen LogP contribution in [0, 0.1) is 6.92 Å². The minimum absolute atomic E-state index is 0.798. The number of pyridine rings is 3. The van der Waals surface area contributed by atoms with Gasteiger partial charge in [0.05, 0.1) is 39.3 Å². The van der Waals surface area contributed by atoms with E-state index in [1.54, 1.807) is 12.3 Å². The summed E-state index contributed by atoms with van der Waals surface area (Å²) in [5, 5.41) is 14.9. The zero-order chi connectivity index (χ0) is 48.6. The Bertz CT molecular complexity index is 4650. The lowest BCUT2D eigenvalue weighted by atomic mass is 9.84. The minimum atomic E-state index is 0.798. The van der Waals surface area contributed by atoms with E-state index in [4.69, 9.17) is 19.9 Å². The SMILES string of the molecule is C=C/C=N\c1c(C)c2ccc(-c3ccccc3)nc2c2ccc(-c3cc4ccc(-c5ccc6c(-c7ccc8ccccc8c7)c7ccccc7c(-c7ccc8ccccc8c7)c6c5)nc4c4ccccc34)nc12. The lowest BCUT2D eigenvalue weighted by molar-refractivity contribution is 1.35. The summed E-state index contributed by atoms with van der Waals surface area (Å²) in [7, 11) is 0. The van der Waals surface area contributed by atoms with Crippen molar-refractivity contribution in [1.29, 1.82) is 0 Å². The Morgan fingerprint density at radius 2 is 0.849 bits per heavy atom. The second kappa shape index (κ2) is 17.0. The number of nitrogens with zero attached hydrogens (tertiary/aromatic N) is 4. The predicted molar refractivity (Wildman–Crippen MR) is 310 cm³/mol. The van der Waals surface area contributed by atoms with Crippen LogP contribution < -0.4 is 0 Å². The molecule has 0 aliphatic rings. The van der Waals surface area contributed by atoms with Crippen LogP contribution in [0.15, 0.2) is 242 Å². The van der Waals surface area contributed by atoms with E-state index in [-0.39, 0.29) is 0 Å². The first kappa shape index (κ1) is 42.3. The van der Waals surface area contributed by atoms with Crippen molar-refractivity contribution in [2.45, 2.75) is 6.92 Å². The highest BCUT2D eigenvalue weighted by molar-refractivity contribution is 6.23. The van der Waals surface area contributed by atoms with Gasteiger partial charge in [-0.25, -0.2) is 15.0 Å². The highest BCUT2D eigenvalue weighted by Gasteiger charge is 2.21. The molecule has 0 aliphatic heterocycles. The fourth-order valence-corrected chi connectivity index (χ4v) is 11.3. The first-order valence-electron chi connectivity index (χ1n) is 24.8. The van der Waals surface area contributed by atoms with Gasteiger partial charge in [0.1, 0.15) is 0 Å². The van der Waals surface area contributed by atoms with Gasteiger partial charge in [0, 0.05) is 44.4 Å². The molecular weight excluding hydrogens is 885 g/mol. The maximum absolute atomic E-state index is 5.56. The smallest absolute Gasteiger partial charge is 0.0990 e. The van der Waals surface area contributed by atoms with Gasteiger partial charge in [-0.2, -0.15) is 0 Å². The van der Waals surface area contributed by atoms with Gasteiger partial charge in [0.2, 0.25) is 0 Å². The number of fused-ring (bicyclic) bond motifs is 10. The number of hydrogen-bond acceptors (Lipinski definition) is 4. The molecule has 14 rings (SSSR count). The zero-order valence-corrected chi connectivity index (χ0v) is 40.0. The number of hydrogen-bond donors (Lipinski definition) is 0. The number of aryl methyl sites for hydroxylation is 1. The Kier molecular flexibility index (Phi) is 9.87. The van der Waals surface area contributed by atoms with Crippen molar-refractivity contribution in [1.82, 2.24) is 15.0 Å². The van der Waals surface area contributed by atoms with E-state index >= 15 is 0 Å². The van der Waals surface area contributed by atoms with Gasteiger partial charge in [0.25, 0.3) is 0 Å². The quantitative estimate of drug-likeness (QED) is 0.0909. The summed E-state index contributed by atoms with van der Waals surface area (Å²) in [6.45, 7) is 6.04. The summed E-state index contributed by atoms with van der Waals surface area (Å²) < 4.78 is 0. The second-order valence-corrected chi connectivity index (χ2v) is 19.0. The van der Waals surface area contributed by atoms with Gasteiger partial charge in [0.15, 0.2) is 0 Å². The Labute approximate surface area is 421 Å². The summed E-state index contributed by atoms with van der Waals surface area (Å²) in [4.78, 5) is 21.2. The standard InChI is InChI=1S/C69H44N4/c1-3-37-70-66-42(2)52-32-35-61(45-17-5-4-6-18-45)72-68(52)58-33-36-63(73-69(58)66)59-41-51-30-34-62(71-67(51)57-24-14-11-21-53(57)59)48-29-31-56-60(40-48)65(50-28-26-44-16-8-10-20-47(44)39-50)55-23-13-12-22-54(55)64(56)49-27-25-43-15-7-9-19-46(43)38-49/h3-41H,1H2,2H3/b70-37-. The van der Waals surface area contributed by atoms with E-state index in [9.17, 15) is 0 Å². The molecule has 0 radical (unpaired) electrons. The number of benzene rings is 11. The Balaban J connectivity index is 0.957. The van der Waals surface area contributed by atoms with Crippen molar-refractivity contribution < 1.29 is 0 Å². The summed E-state index contributed by atoms with van der Waals surface area (Å²) in [6.07, 6.45) is 3.45. The molecule has 0 atom stereocenters. The molecular formula is C69H44N4. The van der Waals surface area contributed by atoms with E-state index in [0.717, 1.165) is 88.5 Å². The van der Waals surface area contributed by atoms with Gasteiger partial charge >= 0.3 is 0 Å². The fourth-order valence-electron chi connectivity index (χ4n) is 11.3. The molecule has 14 aromatic rings. The molecule has 0 saturated heterocycles. The Morgan fingerprint density at radius 1 is 0.342 bits per heavy atom. The molecule has 0 fully saturated rings. The summed E-state index contributed by atoms with van der Waals surface area (Å²) in [5.41, 5.74) is 15.1. The van der Waals surface area contributed by atoms with Crippen molar-refractivity contribution in [2.75, 3.05) is 0 Å². The Morgan fingerprint density at radius 3 is 1.56 bits per heavy atom. The van der Waals surface area contributed by atoms with Crippen LogP contribution in [-0.2, 0) is 0 Å². The highest BCUT2D eigenvalue weighted by Crippen LogP contribution is 2.47. The topological polar surface area (TPSA) is 51.0 Å². The molecule has 340 valence electrons. The van der Waals surface area contributed by atoms with Crippen molar-refractivity contribution in [3.63, 3.8) is 0 Å². The first-order valence-corrected chi connectivity index (χ1v) is 24.8. The lowest BCUT2D eigenvalue weighted by Gasteiger charge is -2.19. The van der Waals surface area contributed by atoms with E-state index in [2.05, 4.69) is 220 Å². The molecule has 3 heterocycles. The molecule has 0 saturated carbocycles. The average molecular weight is 929 g/mol. The van der Waals surface area contributed by atoms with Crippen LogP contribution in [0.1, 0.15) is 5.56 Å². The largest absolute Gasteiger partial charge is 0.254 e. The Hall–Kier alpha value is -9.64. The van der Waals surface area contributed by atoms with Crippen LogP contribution in [-0.4, -0.2) is 21.2 Å². The second-order valence-electron chi connectivity index (χ2n) is 19.0. The van der Waals surface area contributed by atoms with Crippen molar-refractivity contribution in [3.05, 3.63) is 243 Å². The van der Waals surface area contributed by atoms with Gasteiger partial charge in [-0.3, -0.25) is 4.99 Å². The summed E-state index contributed by atoms with van der Waals surface area (Å²) in [5.74, 6) is 0. The fraction of sp³-hybridized carbons (Fsp3) is 0.0145. The highest BCUT2D eigenvalue weighted by atomic mass is 14.8. The van der Waals surface area contributed by atoms with E-state index in [1.165, 1.54) is 65.3 Å². The zero-order valence-electron chi connectivity index (χ0n) is 40.0. The number of rotatable bonds is 7. The molecule has 0 bridgehead atoms. The third kappa shape index (κ3) is 6.98. The molecule has 4 nitrogen and oxygen atoms in total. The predicted octanol–water partition coefficient (Wildman–Crippen LogP) is 18.6. The molecule has 0 aliphatic carbocycles. The molecule has 0 spiro atoms. The van der Waals surface area contributed by atoms with Gasteiger partial charge in [-0.05, 0) is 132 Å². The number of aromatic nitrogens is 3. The summed E-state index contributed by atoms with van der Waals surface area (Å²) in [6, 6.07) is 80.9. The monoisotopic (exact) mass is 928 g/mol. The normalized spacial score (nSPS) is 11.9. The van der Waals surface area contributed by atoms with E-state index in [1.807, 2.05) is 18.2 Å². The molecule has 73 heavy (non-hydrogen) atoms. The number of allylic oxidation sites excluding steroid dienone is 1. The van der Waals surface area contributed by atoms with Gasteiger partial charge < -0.3 is 0 Å². The molecule has 0 unspecified atom stereocenters. The third-order valence-electron chi connectivity index (χ3n) is 14.8. The molecule has 0 amide bonds. The molecule has 3 aromatic heterocycles. The van der Waals surface area contributed by atoms with Crippen LogP contribution in [0.2, 0.25) is 0 Å². The third-order valence-corrected chi connectivity index (χ3v) is 14.8. The van der Waals surface area contributed by atoms with E-state index < -0.39 is 0 Å². The minimum Gasteiger partial charge on any atom is -0.254 e. The maximum Gasteiger partial charge on any atom is 0.0990 e. The average Bonchev–Trinajstić information content (AvgIpc) is 3.45. The lowest BCUT2D eigenvalue weighted by Crippen LogP contribution is -1.95. The summed E-state index contributed by atoms with van der Waals surface area (Å²) >= 11 is 0. The van der Waals surface area contributed by atoms with Crippen LogP contribution in [0.25, 0.3) is 143 Å².